The van der Waals surface area contributed by atoms with E-state index in [9.17, 15) is 9.59 Å². The molecule has 0 atom stereocenters. The number of thioether (sulfide) groups is 1. The highest BCUT2D eigenvalue weighted by atomic mass is 79.9. The summed E-state index contributed by atoms with van der Waals surface area (Å²) >= 11 is 4.38. The van der Waals surface area contributed by atoms with E-state index in [1.54, 1.807) is 6.08 Å². The van der Waals surface area contributed by atoms with Crippen LogP contribution in [-0.2, 0) is 4.79 Å². The SMILES string of the molecule is Cc1ccc(N2C(=O)S/C(=C\c3cccc(Br)c3)C2=O)c(C)c1. The lowest BCUT2D eigenvalue weighted by Crippen LogP contribution is -2.28. The van der Waals surface area contributed by atoms with Crippen molar-refractivity contribution in [1.82, 2.24) is 0 Å². The Balaban J connectivity index is 1.97. The minimum absolute atomic E-state index is 0.261. The first-order chi connectivity index (χ1) is 11.0. The normalized spacial score (nSPS) is 16.5. The maximum atomic E-state index is 12.6. The number of rotatable bonds is 2. The zero-order valence-corrected chi connectivity index (χ0v) is 15.1. The number of hydrogen-bond acceptors (Lipinski definition) is 3. The average molecular weight is 388 g/mol. The molecule has 2 aromatic rings. The third-order valence-electron chi connectivity index (χ3n) is 3.53. The van der Waals surface area contributed by atoms with Crippen LogP contribution in [0.15, 0.2) is 51.8 Å². The van der Waals surface area contributed by atoms with Crippen molar-refractivity contribution < 1.29 is 9.59 Å². The van der Waals surface area contributed by atoms with Crippen LogP contribution in [0.2, 0.25) is 0 Å². The standard InChI is InChI=1S/C18H14BrNO2S/c1-11-6-7-15(12(2)8-11)20-17(21)16(23-18(20)22)10-13-4-3-5-14(19)9-13/h3-10H,1-2H3/b16-10-. The number of aryl methyl sites for hydroxylation is 2. The van der Waals surface area contributed by atoms with E-state index in [1.165, 1.54) is 4.90 Å². The average Bonchev–Trinajstić information content (AvgIpc) is 2.74. The summed E-state index contributed by atoms with van der Waals surface area (Å²) in [5.41, 5.74) is 3.54. The van der Waals surface area contributed by atoms with Crippen molar-refractivity contribution in [3.8, 4) is 0 Å². The van der Waals surface area contributed by atoms with Crippen LogP contribution in [-0.4, -0.2) is 11.1 Å². The van der Waals surface area contributed by atoms with Crippen LogP contribution in [0.4, 0.5) is 10.5 Å². The Hall–Kier alpha value is -1.85. The summed E-state index contributed by atoms with van der Waals surface area (Å²) < 4.78 is 0.930. The van der Waals surface area contributed by atoms with Crippen LogP contribution < -0.4 is 4.90 Å². The largest absolute Gasteiger partial charge is 0.298 e. The summed E-state index contributed by atoms with van der Waals surface area (Å²) in [5.74, 6) is -0.271. The Labute approximate surface area is 147 Å². The monoisotopic (exact) mass is 387 g/mol. The van der Waals surface area contributed by atoms with E-state index in [1.807, 2.05) is 56.3 Å². The molecule has 23 heavy (non-hydrogen) atoms. The van der Waals surface area contributed by atoms with E-state index < -0.39 is 0 Å². The second-order valence-electron chi connectivity index (χ2n) is 5.36. The summed E-state index contributed by atoms with van der Waals surface area (Å²) in [7, 11) is 0. The van der Waals surface area contributed by atoms with Crippen molar-refractivity contribution in [3.63, 3.8) is 0 Å². The molecule has 2 aromatic carbocycles. The number of hydrogen-bond donors (Lipinski definition) is 0. The highest BCUT2D eigenvalue weighted by Crippen LogP contribution is 2.37. The van der Waals surface area contributed by atoms with Crippen LogP contribution in [0.25, 0.3) is 6.08 Å². The molecule has 0 N–H and O–H groups in total. The number of anilines is 1. The number of nitrogens with zero attached hydrogens (tertiary/aromatic N) is 1. The van der Waals surface area contributed by atoms with Gasteiger partial charge in [0.15, 0.2) is 0 Å². The van der Waals surface area contributed by atoms with Gasteiger partial charge in [-0.2, -0.15) is 0 Å². The molecule has 0 spiro atoms. The second-order valence-corrected chi connectivity index (χ2v) is 7.27. The molecule has 3 nitrogen and oxygen atoms in total. The van der Waals surface area contributed by atoms with Gasteiger partial charge in [0, 0.05) is 4.47 Å². The fourth-order valence-corrected chi connectivity index (χ4v) is 3.73. The Kier molecular flexibility index (Phi) is 4.41. The molecule has 116 valence electrons. The van der Waals surface area contributed by atoms with E-state index >= 15 is 0 Å². The van der Waals surface area contributed by atoms with Crippen LogP contribution >= 0.6 is 27.7 Å². The predicted octanol–water partition coefficient (Wildman–Crippen LogP) is 5.31. The number of carbonyl (C=O) groups excluding carboxylic acids is 2. The molecule has 2 amide bonds. The van der Waals surface area contributed by atoms with E-state index in [2.05, 4.69) is 15.9 Å². The molecule has 0 unspecified atom stereocenters. The van der Waals surface area contributed by atoms with Crippen molar-refractivity contribution in [3.05, 3.63) is 68.5 Å². The summed E-state index contributed by atoms with van der Waals surface area (Å²) in [6.45, 7) is 3.89. The fraction of sp³-hybridized carbons (Fsp3) is 0.111. The van der Waals surface area contributed by atoms with E-state index in [0.29, 0.717) is 10.6 Å². The lowest BCUT2D eigenvalue weighted by atomic mass is 10.1. The van der Waals surface area contributed by atoms with Crippen LogP contribution in [0.1, 0.15) is 16.7 Å². The zero-order valence-electron chi connectivity index (χ0n) is 12.7. The number of carbonyl (C=O) groups is 2. The van der Waals surface area contributed by atoms with E-state index in [0.717, 1.165) is 32.9 Å². The highest BCUT2D eigenvalue weighted by Gasteiger charge is 2.36. The Bertz CT molecular complexity index is 845. The topological polar surface area (TPSA) is 37.4 Å². The molecule has 0 bridgehead atoms. The molecule has 1 aliphatic heterocycles. The Morgan fingerprint density at radius 1 is 1.09 bits per heavy atom. The second kappa shape index (κ2) is 6.34. The maximum Gasteiger partial charge on any atom is 0.298 e. The predicted molar refractivity (Wildman–Crippen MR) is 98.5 cm³/mol. The van der Waals surface area contributed by atoms with Crippen molar-refractivity contribution >= 4 is 50.6 Å². The summed E-state index contributed by atoms with van der Waals surface area (Å²) in [6.07, 6.45) is 1.75. The highest BCUT2D eigenvalue weighted by molar-refractivity contribution is 9.10. The molecule has 1 saturated heterocycles. The third-order valence-corrected chi connectivity index (χ3v) is 4.90. The molecular formula is C18H14BrNO2S. The Morgan fingerprint density at radius 2 is 1.87 bits per heavy atom. The first-order valence-corrected chi connectivity index (χ1v) is 8.67. The van der Waals surface area contributed by atoms with Gasteiger partial charge in [-0.05, 0) is 61.0 Å². The van der Waals surface area contributed by atoms with Crippen molar-refractivity contribution in [1.29, 1.82) is 0 Å². The first kappa shape index (κ1) is 16.0. The zero-order chi connectivity index (χ0) is 16.6. The van der Waals surface area contributed by atoms with Gasteiger partial charge in [0.25, 0.3) is 11.1 Å². The number of imide groups is 1. The van der Waals surface area contributed by atoms with Gasteiger partial charge >= 0.3 is 0 Å². The number of halogens is 1. The van der Waals surface area contributed by atoms with Crippen LogP contribution in [0.5, 0.6) is 0 Å². The fourth-order valence-electron chi connectivity index (χ4n) is 2.48. The van der Waals surface area contributed by atoms with Gasteiger partial charge in [-0.3, -0.25) is 9.59 Å². The summed E-state index contributed by atoms with van der Waals surface area (Å²) in [5, 5.41) is -0.261. The molecule has 0 saturated carbocycles. The number of amides is 2. The number of benzene rings is 2. The van der Waals surface area contributed by atoms with Crippen molar-refractivity contribution in [2.75, 3.05) is 4.90 Å². The van der Waals surface area contributed by atoms with Gasteiger partial charge in [0.05, 0.1) is 10.6 Å². The molecule has 0 aliphatic carbocycles. The molecule has 1 aliphatic rings. The van der Waals surface area contributed by atoms with E-state index in [4.69, 9.17) is 0 Å². The minimum Gasteiger partial charge on any atom is -0.268 e. The molecule has 5 heteroatoms. The molecule has 0 radical (unpaired) electrons. The summed E-state index contributed by atoms with van der Waals surface area (Å²) in [6, 6.07) is 13.3. The van der Waals surface area contributed by atoms with Crippen LogP contribution in [0.3, 0.4) is 0 Å². The van der Waals surface area contributed by atoms with Crippen LogP contribution in [0, 0.1) is 13.8 Å². The Morgan fingerprint density at radius 3 is 2.57 bits per heavy atom. The maximum absolute atomic E-state index is 12.6. The molecule has 0 aromatic heterocycles. The van der Waals surface area contributed by atoms with Gasteiger partial charge < -0.3 is 0 Å². The summed E-state index contributed by atoms with van der Waals surface area (Å²) in [4.78, 5) is 26.6. The van der Waals surface area contributed by atoms with Gasteiger partial charge in [-0.1, -0.05) is 45.8 Å². The first-order valence-electron chi connectivity index (χ1n) is 7.06. The van der Waals surface area contributed by atoms with Crippen molar-refractivity contribution in [2.24, 2.45) is 0 Å². The molecule has 3 rings (SSSR count). The molecular weight excluding hydrogens is 374 g/mol. The van der Waals surface area contributed by atoms with E-state index in [-0.39, 0.29) is 11.1 Å². The van der Waals surface area contributed by atoms with Crippen molar-refractivity contribution in [2.45, 2.75) is 13.8 Å². The third kappa shape index (κ3) is 3.26. The molecule has 1 heterocycles. The smallest absolute Gasteiger partial charge is 0.268 e. The van der Waals surface area contributed by atoms with Gasteiger partial charge in [-0.15, -0.1) is 0 Å². The quantitative estimate of drug-likeness (QED) is 0.655. The van der Waals surface area contributed by atoms with Gasteiger partial charge in [-0.25, -0.2) is 4.90 Å². The lowest BCUT2D eigenvalue weighted by molar-refractivity contribution is -0.113. The lowest BCUT2D eigenvalue weighted by Gasteiger charge is -2.15. The molecule has 1 fully saturated rings. The van der Waals surface area contributed by atoms with Gasteiger partial charge in [0.2, 0.25) is 0 Å². The minimum atomic E-state index is -0.271. The van der Waals surface area contributed by atoms with Gasteiger partial charge in [0.1, 0.15) is 0 Å².